The minimum atomic E-state index is -3.71. The van der Waals surface area contributed by atoms with E-state index in [1.807, 2.05) is 0 Å². The molecule has 2 aliphatic rings. The zero-order valence-corrected chi connectivity index (χ0v) is 14.7. The van der Waals surface area contributed by atoms with Gasteiger partial charge >= 0.3 is 0 Å². The van der Waals surface area contributed by atoms with E-state index < -0.39 is 10.0 Å². The normalized spacial score (nSPS) is 26.2. The van der Waals surface area contributed by atoms with Gasteiger partial charge in [-0.2, -0.15) is 4.31 Å². The van der Waals surface area contributed by atoms with E-state index in [-0.39, 0.29) is 22.8 Å². The van der Waals surface area contributed by atoms with Crippen molar-refractivity contribution < 1.29 is 22.4 Å². The van der Waals surface area contributed by atoms with Crippen molar-refractivity contribution in [1.29, 1.82) is 0 Å². The van der Waals surface area contributed by atoms with Crippen LogP contribution in [0.2, 0.25) is 0 Å². The first kappa shape index (κ1) is 17.4. The van der Waals surface area contributed by atoms with E-state index in [1.165, 1.54) is 22.9 Å². The SMILES string of the molecule is CC1CCCCC1NC(=O)c1ccc(S(=O)(=O)N2CCOCC2)o1. The molecule has 2 unspecified atom stereocenters. The van der Waals surface area contributed by atoms with Gasteiger partial charge in [0, 0.05) is 19.1 Å². The smallest absolute Gasteiger partial charge is 0.287 e. The Labute approximate surface area is 142 Å². The maximum atomic E-state index is 12.5. The fourth-order valence-electron chi connectivity index (χ4n) is 3.27. The predicted molar refractivity (Wildman–Crippen MR) is 87.2 cm³/mol. The zero-order valence-electron chi connectivity index (χ0n) is 13.9. The number of carbonyl (C=O) groups is 1. The van der Waals surface area contributed by atoms with Gasteiger partial charge in [0.1, 0.15) is 0 Å². The summed E-state index contributed by atoms with van der Waals surface area (Å²) in [6, 6.07) is 2.90. The second-order valence-corrected chi connectivity index (χ2v) is 8.35. The summed E-state index contributed by atoms with van der Waals surface area (Å²) in [5.41, 5.74) is 0. The molecule has 1 aliphatic heterocycles. The molecule has 1 aromatic heterocycles. The number of nitrogens with one attached hydrogen (secondary N) is 1. The monoisotopic (exact) mass is 356 g/mol. The van der Waals surface area contributed by atoms with Gasteiger partial charge in [0.2, 0.25) is 5.09 Å². The molecule has 2 atom stereocenters. The van der Waals surface area contributed by atoms with Crippen LogP contribution in [0.25, 0.3) is 0 Å². The second kappa shape index (κ2) is 7.25. The second-order valence-electron chi connectivity index (χ2n) is 6.48. The van der Waals surface area contributed by atoms with E-state index in [4.69, 9.17) is 9.15 Å². The standard InChI is InChI=1S/C16H24N2O5S/c1-12-4-2-3-5-13(12)17-16(19)14-6-7-15(23-14)24(20,21)18-8-10-22-11-9-18/h6-7,12-13H,2-5,8-11H2,1H3,(H,17,19). The van der Waals surface area contributed by atoms with Gasteiger partial charge in [-0.3, -0.25) is 4.79 Å². The topological polar surface area (TPSA) is 88.9 Å². The molecule has 8 heteroatoms. The Morgan fingerprint density at radius 3 is 2.62 bits per heavy atom. The lowest BCUT2D eigenvalue weighted by molar-refractivity contribution is 0.0722. The van der Waals surface area contributed by atoms with Crippen LogP contribution in [0.15, 0.2) is 21.6 Å². The lowest BCUT2D eigenvalue weighted by Crippen LogP contribution is -2.41. The number of carbonyl (C=O) groups excluding carboxylic acids is 1. The quantitative estimate of drug-likeness (QED) is 0.885. The Morgan fingerprint density at radius 1 is 1.21 bits per heavy atom. The number of hydrogen-bond donors (Lipinski definition) is 1. The highest BCUT2D eigenvalue weighted by atomic mass is 32.2. The van der Waals surface area contributed by atoms with Gasteiger partial charge in [0.15, 0.2) is 5.76 Å². The summed E-state index contributed by atoms with van der Waals surface area (Å²) in [7, 11) is -3.71. The molecule has 1 saturated heterocycles. The molecule has 0 radical (unpaired) electrons. The van der Waals surface area contributed by atoms with Gasteiger partial charge in [0.05, 0.1) is 13.2 Å². The molecule has 1 amide bonds. The molecule has 134 valence electrons. The Morgan fingerprint density at radius 2 is 1.92 bits per heavy atom. The third kappa shape index (κ3) is 3.65. The Bertz CT molecular complexity index is 678. The van der Waals surface area contributed by atoms with Gasteiger partial charge in [-0.1, -0.05) is 19.8 Å². The number of hydrogen-bond acceptors (Lipinski definition) is 5. The molecular formula is C16H24N2O5S. The van der Waals surface area contributed by atoms with E-state index in [1.54, 1.807) is 0 Å². The number of morpholine rings is 1. The number of nitrogens with zero attached hydrogens (tertiary/aromatic N) is 1. The maximum absolute atomic E-state index is 12.5. The Hall–Kier alpha value is -1.38. The molecule has 1 N–H and O–H groups in total. The van der Waals surface area contributed by atoms with Crippen molar-refractivity contribution in [2.75, 3.05) is 26.3 Å². The first-order valence-corrected chi connectivity index (χ1v) is 9.91. The molecule has 0 bridgehead atoms. The van der Waals surface area contributed by atoms with E-state index in [0.717, 1.165) is 19.3 Å². The number of furan rings is 1. The number of ether oxygens (including phenoxy) is 1. The molecule has 0 aromatic carbocycles. The average molecular weight is 356 g/mol. The van der Waals surface area contributed by atoms with Crippen LogP contribution in [0.4, 0.5) is 0 Å². The van der Waals surface area contributed by atoms with Gasteiger partial charge in [-0.25, -0.2) is 8.42 Å². The fourth-order valence-corrected chi connectivity index (χ4v) is 4.58. The summed E-state index contributed by atoms with van der Waals surface area (Å²) >= 11 is 0. The fraction of sp³-hybridized carbons (Fsp3) is 0.688. The Kier molecular flexibility index (Phi) is 5.27. The summed E-state index contributed by atoms with van der Waals surface area (Å²) in [4.78, 5) is 12.3. The minimum absolute atomic E-state index is 0.0413. The highest BCUT2D eigenvalue weighted by Gasteiger charge is 2.31. The molecule has 2 fully saturated rings. The molecule has 1 aliphatic carbocycles. The number of amides is 1. The summed E-state index contributed by atoms with van der Waals surface area (Å²) in [5, 5.41) is 2.78. The molecule has 7 nitrogen and oxygen atoms in total. The summed E-state index contributed by atoms with van der Waals surface area (Å²) in [6.07, 6.45) is 4.34. The van der Waals surface area contributed by atoms with Crippen LogP contribution < -0.4 is 5.32 Å². The molecule has 1 aromatic rings. The molecular weight excluding hydrogens is 332 g/mol. The van der Waals surface area contributed by atoms with Crippen LogP contribution in [-0.2, 0) is 14.8 Å². The predicted octanol–water partition coefficient (Wildman–Crippen LogP) is 1.61. The van der Waals surface area contributed by atoms with E-state index >= 15 is 0 Å². The van der Waals surface area contributed by atoms with Crippen molar-refractivity contribution in [3.05, 3.63) is 17.9 Å². The highest BCUT2D eigenvalue weighted by Crippen LogP contribution is 2.25. The lowest BCUT2D eigenvalue weighted by atomic mass is 9.86. The van der Waals surface area contributed by atoms with E-state index in [0.29, 0.717) is 32.2 Å². The molecule has 3 rings (SSSR count). The van der Waals surface area contributed by atoms with Crippen molar-refractivity contribution in [2.45, 2.75) is 43.7 Å². The average Bonchev–Trinajstić information content (AvgIpc) is 3.09. The summed E-state index contributed by atoms with van der Waals surface area (Å²) in [5.74, 6) is 0.117. The molecule has 0 spiro atoms. The summed E-state index contributed by atoms with van der Waals surface area (Å²) in [6.45, 7) is 3.45. The number of sulfonamides is 1. The van der Waals surface area contributed by atoms with Crippen LogP contribution in [0.1, 0.15) is 43.2 Å². The molecule has 1 saturated carbocycles. The van der Waals surface area contributed by atoms with Crippen LogP contribution in [0, 0.1) is 5.92 Å². The van der Waals surface area contributed by atoms with Crippen molar-refractivity contribution in [1.82, 2.24) is 9.62 Å². The van der Waals surface area contributed by atoms with Gasteiger partial charge in [-0.15, -0.1) is 0 Å². The maximum Gasteiger partial charge on any atom is 0.287 e. The first-order chi connectivity index (χ1) is 11.5. The zero-order chi connectivity index (χ0) is 17.2. The third-order valence-corrected chi connectivity index (χ3v) is 6.57. The van der Waals surface area contributed by atoms with Crippen molar-refractivity contribution in [3.8, 4) is 0 Å². The largest absolute Gasteiger partial charge is 0.438 e. The van der Waals surface area contributed by atoms with Crippen molar-refractivity contribution in [2.24, 2.45) is 5.92 Å². The third-order valence-electron chi connectivity index (χ3n) is 4.80. The minimum Gasteiger partial charge on any atom is -0.438 e. The number of rotatable bonds is 4. The van der Waals surface area contributed by atoms with Crippen LogP contribution >= 0.6 is 0 Å². The lowest BCUT2D eigenvalue weighted by Gasteiger charge is -2.29. The Balaban J connectivity index is 1.69. The van der Waals surface area contributed by atoms with Gasteiger partial charge in [-0.05, 0) is 30.9 Å². The highest BCUT2D eigenvalue weighted by molar-refractivity contribution is 7.89. The summed E-state index contributed by atoms with van der Waals surface area (Å²) < 4.78 is 36.9. The molecule has 2 heterocycles. The van der Waals surface area contributed by atoms with E-state index in [9.17, 15) is 13.2 Å². The van der Waals surface area contributed by atoms with Crippen LogP contribution in [-0.4, -0.2) is 51.0 Å². The van der Waals surface area contributed by atoms with Crippen LogP contribution in [0.3, 0.4) is 0 Å². The van der Waals surface area contributed by atoms with Gasteiger partial charge in [0.25, 0.3) is 15.9 Å². The van der Waals surface area contributed by atoms with Crippen LogP contribution in [0.5, 0.6) is 0 Å². The van der Waals surface area contributed by atoms with Gasteiger partial charge < -0.3 is 14.5 Å². The molecule has 24 heavy (non-hydrogen) atoms. The first-order valence-electron chi connectivity index (χ1n) is 8.47. The van der Waals surface area contributed by atoms with Crippen molar-refractivity contribution in [3.63, 3.8) is 0 Å². The van der Waals surface area contributed by atoms with E-state index in [2.05, 4.69) is 12.2 Å². The van der Waals surface area contributed by atoms with Crippen molar-refractivity contribution >= 4 is 15.9 Å².